The maximum Gasteiger partial charge on any atom is 0.331 e. The molecule has 0 aromatic heterocycles. The van der Waals surface area contributed by atoms with Gasteiger partial charge in [0.05, 0.1) is 4.92 Å². The largest absolute Gasteiger partial charge is 0.452 e. The monoisotopic (exact) mass is 382 g/mol. The van der Waals surface area contributed by atoms with E-state index in [1.807, 2.05) is 24.3 Å². The average Bonchev–Trinajstić information content (AvgIpc) is 2.70. The van der Waals surface area contributed by atoms with Crippen molar-refractivity contribution in [1.29, 1.82) is 0 Å². The number of non-ortho nitro benzene ring substituents is 1. The van der Waals surface area contributed by atoms with Crippen LogP contribution in [0.25, 0.3) is 6.08 Å². The molecule has 2 aromatic carbocycles. The summed E-state index contributed by atoms with van der Waals surface area (Å²) >= 11 is 0. The van der Waals surface area contributed by atoms with Gasteiger partial charge in [-0.2, -0.15) is 0 Å². The van der Waals surface area contributed by atoms with Gasteiger partial charge in [0, 0.05) is 23.9 Å². The molecular formula is C21H22N2O5. The van der Waals surface area contributed by atoms with Crippen molar-refractivity contribution in [3.8, 4) is 0 Å². The molecule has 1 N–H and O–H groups in total. The van der Waals surface area contributed by atoms with Crippen LogP contribution >= 0.6 is 0 Å². The fraction of sp³-hybridized carbons (Fsp3) is 0.238. The normalized spacial score (nSPS) is 11.8. The highest BCUT2D eigenvalue weighted by molar-refractivity contribution is 5.95. The molecule has 0 radical (unpaired) electrons. The summed E-state index contributed by atoms with van der Waals surface area (Å²) in [5.74, 6) is -0.860. The average molecular weight is 382 g/mol. The Morgan fingerprint density at radius 2 is 1.96 bits per heavy atom. The number of nitro benzene ring substituents is 1. The van der Waals surface area contributed by atoms with E-state index in [1.54, 1.807) is 6.07 Å². The van der Waals surface area contributed by atoms with Crippen molar-refractivity contribution in [3.63, 3.8) is 0 Å². The van der Waals surface area contributed by atoms with Crippen LogP contribution in [0.3, 0.4) is 0 Å². The van der Waals surface area contributed by atoms with E-state index in [2.05, 4.69) is 19.2 Å². The van der Waals surface area contributed by atoms with Crippen molar-refractivity contribution < 1.29 is 19.2 Å². The molecule has 0 heterocycles. The smallest absolute Gasteiger partial charge is 0.331 e. The van der Waals surface area contributed by atoms with Gasteiger partial charge in [-0.3, -0.25) is 14.9 Å². The first-order chi connectivity index (χ1) is 13.4. The lowest BCUT2D eigenvalue weighted by molar-refractivity contribution is -0.384. The lowest BCUT2D eigenvalue weighted by Crippen LogP contribution is -2.21. The first-order valence-electron chi connectivity index (χ1n) is 8.88. The quantitative estimate of drug-likeness (QED) is 0.318. The van der Waals surface area contributed by atoms with Gasteiger partial charge in [-0.1, -0.05) is 44.2 Å². The summed E-state index contributed by atoms with van der Waals surface area (Å²) in [7, 11) is 0. The third-order valence-corrected chi connectivity index (χ3v) is 4.22. The van der Waals surface area contributed by atoms with E-state index in [1.165, 1.54) is 24.3 Å². The van der Waals surface area contributed by atoms with Crippen LogP contribution in [0.4, 0.5) is 11.4 Å². The fourth-order valence-electron chi connectivity index (χ4n) is 2.54. The highest BCUT2D eigenvalue weighted by Crippen LogP contribution is 2.26. The molecule has 0 spiro atoms. The van der Waals surface area contributed by atoms with Crippen LogP contribution in [0.1, 0.15) is 37.3 Å². The Bertz CT molecular complexity index is 892. The van der Waals surface area contributed by atoms with Gasteiger partial charge in [0.25, 0.3) is 11.6 Å². The van der Waals surface area contributed by atoms with Crippen LogP contribution in [-0.4, -0.2) is 23.4 Å². The number of anilines is 1. The minimum atomic E-state index is -0.711. The molecule has 7 nitrogen and oxygen atoms in total. The zero-order valence-corrected chi connectivity index (χ0v) is 15.8. The minimum Gasteiger partial charge on any atom is -0.452 e. The molecule has 0 aliphatic heterocycles. The van der Waals surface area contributed by atoms with E-state index < -0.39 is 23.4 Å². The van der Waals surface area contributed by atoms with Crippen LogP contribution in [0.2, 0.25) is 0 Å². The molecule has 7 heteroatoms. The first kappa shape index (κ1) is 20.8. The van der Waals surface area contributed by atoms with Crippen molar-refractivity contribution in [2.24, 2.45) is 0 Å². The Morgan fingerprint density at radius 3 is 2.68 bits per heavy atom. The summed E-state index contributed by atoms with van der Waals surface area (Å²) in [6.07, 6.45) is 3.45. The van der Waals surface area contributed by atoms with Crippen molar-refractivity contribution in [3.05, 3.63) is 75.8 Å². The summed E-state index contributed by atoms with van der Waals surface area (Å²) in [6.45, 7) is 3.72. The van der Waals surface area contributed by atoms with Gasteiger partial charge < -0.3 is 10.1 Å². The van der Waals surface area contributed by atoms with E-state index in [-0.39, 0.29) is 11.6 Å². The minimum absolute atomic E-state index is 0.0742. The van der Waals surface area contributed by atoms with Crippen LogP contribution < -0.4 is 5.32 Å². The molecule has 1 amide bonds. The Balaban J connectivity index is 1.90. The Hall–Kier alpha value is -3.48. The molecule has 0 fully saturated rings. The van der Waals surface area contributed by atoms with Gasteiger partial charge in [0.1, 0.15) is 0 Å². The Morgan fingerprint density at radius 1 is 1.21 bits per heavy atom. The number of amides is 1. The molecule has 0 bridgehead atoms. The van der Waals surface area contributed by atoms with E-state index >= 15 is 0 Å². The summed E-state index contributed by atoms with van der Waals surface area (Å²) < 4.78 is 4.93. The van der Waals surface area contributed by atoms with Crippen LogP contribution in [0.15, 0.2) is 54.6 Å². The van der Waals surface area contributed by atoms with E-state index in [4.69, 9.17) is 4.74 Å². The molecule has 0 saturated carbocycles. The number of nitro groups is 1. The van der Waals surface area contributed by atoms with Gasteiger partial charge >= 0.3 is 5.97 Å². The van der Waals surface area contributed by atoms with Gasteiger partial charge in [-0.05, 0) is 35.6 Å². The molecule has 2 rings (SSSR count). The number of benzene rings is 2. The number of carbonyl (C=O) groups is 2. The number of esters is 1. The number of para-hydroxylation sites is 1. The summed E-state index contributed by atoms with van der Waals surface area (Å²) in [5.41, 5.74) is 2.13. The number of carbonyl (C=O) groups excluding carboxylic acids is 2. The first-order valence-corrected chi connectivity index (χ1v) is 8.88. The number of hydrogen-bond donors (Lipinski definition) is 1. The zero-order chi connectivity index (χ0) is 20.5. The van der Waals surface area contributed by atoms with Crippen molar-refractivity contribution in [1.82, 2.24) is 0 Å². The fourth-order valence-corrected chi connectivity index (χ4v) is 2.54. The number of rotatable bonds is 8. The van der Waals surface area contributed by atoms with E-state index in [9.17, 15) is 19.7 Å². The van der Waals surface area contributed by atoms with Gasteiger partial charge in [0.15, 0.2) is 6.61 Å². The molecule has 1 atom stereocenters. The third kappa shape index (κ3) is 6.05. The predicted octanol–water partition coefficient (Wildman–Crippen LogP) is 4.30. The van der Waals surface area contributed by atoms with Crippen LogP contribution in [0.5, 0.6) is 0 Å². The number of nitrogens with zero attached hydrogens (tertiary/aromatic N) is 1. The predicted molar refractivity (Wildman–Crippen MR) is 107 cm³/mol. The Labute approximate surface area is 163 Å². The summed E-state index contributed by atoms with van der Waals surface area (Å²) in [5, 5.41) is 13.5. The summed E-state index contributed by atoms with van der Waals surface area (Å²) in [6, 6.07) is 13.3. The highest BCUT2D eigenvalue weighted by atomic mass is 16.6. The third-order valence-electron chi connectivity index (χ3n) is 4.22. The van der Waals surface area contributed by atoms with Crippen LogP contribution in [0, 0.1) is 10.1 Å². The summed E-state index contributed by atoms with van der Waals surface area (Å²) in [4.78, 5) is 34.1. The van der Waals surface area contributed by atoms with Crippen molar-refractivity contribution in [2.75, 3.05) is 11.9 Å². The molecule has 28 heavy (non-hydrogen) atoms. The standard InChI is InChI=1S/C21H22N2O5/c1-3-15(2)18-9-4-5-10-19(18)22-20(24)14-28-21(25)12-11-16-7-6-8-17(13-16)23(26)27/h4-13,15H,3,14H2,1-2H3,(H,22,24)/b12-11+/t15-/m0/s1. The van der Waals surface area contributed by atoms with Crippen molar-refractivity contribution >= 4 is 29.3 Å². The molecule has 0 aliphatic rings. The topological polar surface area (TPSA) is 98.5 Å². The maximum absolute atomic E-state index is 12.1. The molecule has 0 unspecified atom stereocenters. The second-order valence-corrected chi connectivity index (χ2v) is 6.24. The van der Waals surface area contributed by atoms with Gasteiger partial charge in [-0.15, -0.1) is 0 Å². The molecule has 0 aliphatic carbocycles. The number of nitrogens with one attached hydrogen (secondary N) is 1. The van der Waals surface area contributed by atoms with E-state index in [0.29, 0.717) is 11.3 Å². The Kier molecular flexibility index (Phi) is 7.45. The van der Waals surface area contributed by atoms with Crippen molar-refractivity contribution in [2.45, 2.75) is 26.2 Å². The van der Waals surface area contributed by atoms with Gasteiger partial charge in [-0.25, -0.2) is 4.79 Å². The number of ether oxygens (including phenoxy) is 1. The second kappa shape index (κ2) is 10.0. The lowest BCUT2D eigenvalue weighted by atomic mass is 9.97. The molecule has 0 saturated heterocycles. The van der Waals surface area contributed by atoms with Gasteiger partial charge in [0.2, 0.25) is 0 Å². The SMILES string of the molecule is CC[C@H](C)c1ccccc1NC(=O)COC(=O)/C=C/c1cccc([N+](=O)[O-])c1. The lowest BCUT2D eigenvalue weighted by Gasteiger charge is -2.15. The number of hydrogen-bond acceptors (Lipinski definition) is 5. The molecular weight excluding hydrogens is 360 g/mol. The molecule has 2 aromatic rings. The zero-order valence-electron chi connectivity index (χ0n) is 15.8. The highest BCUT2D eigenvalue weighted by Gasteiger charge is 2.12. The van der Waals surface area contributed by atoms with E-state index in [0.717, 1.165) is 18.1 Å². The van der Waals surface area contributed by atoms with Crippen LogP contribution in [-0.2, 0) is 14.3 Å². The second-order valence-electron chi connectivity index (χ2n) is 6.24. The maximum atomic E-state index is 12.1. The molecule has 146 valence electrons.